The number of nitrogens with zero attached hydrogens (tertiary/aromatic N) is 2. The van der Waals surface area contributed by atoms with Gasteiger partial charge in [-0.1, -0.05) is 0 Å². The summed E-state index contributed by atoms with van der Waals surface area (Å²) < 4.78 is 6.55. The van der Waals surface area contributed by atoms with Gasteiger partial charge in [0.25, 0.3) is 5.56 Å². The van der Waals surface area contributed by atoms with E-state index in [1.165, 1.54) is 4.68 Å². The largest absolute Gasteiger partial charge is 0.506 e. The molecule has 1 N–H and O–H groups in total. The van der Waals surface area contributed by atoms with Crippen molar-refractivity contribution in [3.05, 3.63) is 46.4 Å². The highest BCUT2D eigenvalue weighted by Gasteiger charge is 2.08. The number of aromatic hydroxyl groups is 1. The fourth-order valence-corrected chi connectivity index (χ4v) is 1.86. The summed E-state index contributed by atoms with van der Waals surface area (Å²) in [5.41, 5.74) is 0.570. The van der Waals surface area contributed by atoms with Crippen LogP contribution in [0.1, 0.15) is 12.6 Å². The summed E-state index contributed by atoms with van der Waals surface area (Å²) in [6, 6.07) is 8.13. The fourth-order valence-electron chi connectivity index (χ4n) is 1.63. The van der Waals surface area contributed by atoms with Crippen LogP contribution < -0.4 is 10.3 Å². The standard InChI is InChI=1S/C13H14N2O3S/c1-2-18-10-5-3-9(4-6-10)15-13(17)7-12(16)11(8-19)14-15/h3-7,16,19H,2,8H2,1H3. The summed E-state index contributed by atoms with van der Waals surface area (Å²) in [6.07, 6.45) is 0. The van der Waals surface area contributed by atoms with Crippen LogP contribution in [0.3, 0.4) is 0 Å². The summed E-state index contributed by atoms with van der Waals surface area (Å²) in [5, 5.41) is 13.6. The number of hydrogen-bond donors (Lipinski definition) is 2. The average Bonchev–Trinajstić information content (AvgIpc) is 2.41. The quantitative estimate of drug-likeness (QED) is 0.837. The predicted octanol–water partition coefficient (Wildman–Crippen LogP) is 1.77. The third-order valence-electron chi connectivity index (χ3n) is 2.53. The maximum atomic E-state index is 11.8. The monoisotopic (exact) mass is 278 g/mol. The normalized spacial score (nSPS) is 10.4. The van der Waals surface area contributed by atoms with E-state index in [2.05, 4.69) is 17.7 Å². The second-order valence-electron chi connectivity index (χ2n) is 3.81. The number of rotatable bonds is 4. The molecule has 0 aliphatic heterocycles. The molecule has 0 unspecified atom stereocenters. The minimum Gasteiger partial charge on any atom is -0.506 e. The molecular weight excluding hydrogens is 264 g/mol. The summed E-state index contributed by atoms with van der Waals surface area (Å²) >= 11 is 4.06. The van der Waals surface area contributed by atoms with Gasteiger partial charge >= 0.3 is 0 Å². The highest BCUT2D eigenvalue weighted by atomic mass is 32.1. The van der Waals surface area contributed by atoms with Gasteiger partial charge in [-0.2, -0.15) is 22.4 Å². The summed E-state index contributed by atoms with van der Waals surface area (Å²) in [4.78, 5) is 11.8. The van der Waals surface area contributed by atoms with Crippen molar-refractivity contribution in [1.29, 1.82) is 0 Å². The van der Waals surface area contributed by atoms with Gasteiger partial charge in [-0.05, 0) is 31.2 Å². The van der Waals surface area contributed by atoms with Gasteiger partial charge in [0.2, 0.25) is 0 Å². The van der Waals surface area contributed by atoms with Crippen LogP contribution in [0.4, 0.5) is 0 Å². The highest BCUT2D eigenvalue weighted by molar-refractivity contribution is 7.79. The van der Waals surface area contributed by atoms with Gasteiger partial charge in [-0.15, -0.1) is 0 Å². The van der Waals surface area contributed by atoms with Gasteiger partial charge in [0.1, 0.15) is 17.2 Å². The lowest BCUT2D eigenvalue weighted by atomic mass is 10.3. The third kappa shape index (κ3) is 2.90. The summed E-state index contributed by atoms with van der Waals surface area (Å²) in [6.45, 7) is 2.49. The molecular formula is C13H14N2O3S. The van der Waals surface area contributed by atoms with Crippen LogP contribution in [-0.4, -0.2) is 21.5 Å². The molecule has 2 rings (SSSR count). The molecule has 6 heteroatoms. The second-order valence-corrected chi connectivity index (χ2v) is 4.13. The molecule has 0 amide bonds. The molecule has 0 atom stereocenters. The van der Waals surface area contributed by atoms with Gasteiger partial charge in [-0.3, -0.25) is 4.79 Å². The zero-order valence-electron chi connectivity index (χ0n) is 10.4. The molecule has 2 aromatic rings. The van der Waals surface area contributed by atoms with Gasteiger partial charge in [0.05, 0.1) is 12.3 Å². The van der Waals surface area contributed by atoms with E-state index in [-0.39, 0.29) is 11.5 Å². The predicted molar refractivity (Wildman–Crippen MR) is 75.4 cm³/mol. The second kappa shape index (κ2) is 5.79. The first-order valence-electron chi connectivity index (χ1n) is 5.82. The van der Waals surface area contributed by atoms with Crippen molar-refractivity contribution in [2.75, 3.05) is 6.61 Å². The van der Waals surface area contributed by atoms with Crippen molar-refractivity contribution in [3.63, 3.8) is 0 Å². The molecule has 1 aromatic carbocycles. The van der Waals surface area contributed by atoms with Crippen LogP contribution in [-0.2, 0) is 5.75 Å². The van der Waals surface area contributed by atoms with E-state index in [1.54, 1.807) is 24.3 Å². The van der Waals surface area contributed by atoms with Crippen LogP contribution in [0.2, 0.25) is 0 Å². The number of benzene rings is 1. The minimum atomic E-state index is -0.396. The number of ether oxygens (including phenoxy) is 1. The van der Waals surface area contributed by atoms with Crippen molar-refractivity contribution >= 4 is 12.6 Å². The van der Waals surface area contributed by atoms with E-state index in [1.807, 2.05) is 6.92 Å². The molecule has 100 valence electrons. The van der Waals surface area contributed by atoms with Gasteiger partial charge < -0.3 is 9.84 Å². The Labute approximate surface area is 115 Å². The maximum Gasteiger partial charge on any atom is 0.275 e. The SMILES string of the molecule is CCOc1ccc(-n2nc(CS)c(O)cc2=O)cc1. The topological polar surface area (TPSA) is 64.3 Å². The summed E-state index contributed by atoms with van der Waals surface area (Å²) in [5.74, 6) is 0.845. The number of hydrogen-bond acceptors (Lipinski definition) is 5. The molecule has 0 radical (unpaired) electrons. The van der Waals surface area contributed by atoms with Crippen LogP contribution in [0.25, 0.3) is 5.69 Å². The van der Waals surface area contributed by atoms with E-state index < -0.39 is 5.56 Å². The third-order valence-corrected chi connectivity index (χ3v) is 2.83. The van der Waals surface area contributed by atoms with Crippen LogP contribution in [0, 0.1) is 0 Å². The first-order valence-corrected chi connectivity index (χ1v) is 6.45. The molecule has 0 fully saturated rings. The lowest BCUT2D eigenvalue weighted by Gasteiger charge is -2.08. The van der Waals surface area contributed by atoms with Crippen LogP contribution in [0.15, 0.2) is 35.1 Å². The lowest BCUT2D eigenvalue weighted by Crippen LogP contribution is -2.21. The fraction of sp³-hybridized carbons (Fsp3) is 0.231. The molecule has 0 saturated carbocycles. The van der Waals surface area contributed by atoms with E-state index in [0.29, 0.717) is 18.0 Å². The molecule has 1 heterocycles. The van der Waals surface area contributed by atoms with E-state index in [0.717, 1.165) is 11.8 Å². The van der Waals surface area contributed by atoms with E-state index in [9.17, 15) is 9.90 Å². The van der Waals surface area contributed by atoms with Crippen molar-refractivity contribution in [1.82, 2.24) is 9.78 Å². The van der Waals surface area contributed by atoms with Gasteiger partial charge in [-0.25, -0.2) is 0 Å². The van der Waals surface area contributed by atoms with E-state index >= 15 is 0 Å². The molecule has 0 saturated heterocycles. The molecule has 5 nitrogen and oxygen atoms in total. The Hall–Kier alpha value is -1.95. The molecule has 0 aliphatic carbocycles. The number of thiol groups is 1. The Balaban J connectivity index is 2.43. The Morgan fingerprint density at radius 3 is 2.63 bits per heavy atom. The van der Waals surface area contributed by atoms with Gasteiger partial charge in [0, 0.05) is 11.8 Å². The Kier molecular flexibility index (Phi) is 4.11. The molecule has 19 heavy (non-hydrogen) atoms. The molecule has 0 spiro atoms. The first-order chi connectivity index (χ1) is 9.15. The Morgan fingerprint density at radius 1 is 1.37 bits per heavy atom. The van der Waals surface area contributed by atoms with Crippen molar-refractivity contribution < 1.29 is 9.84 Å². The highest BCUT2D eigenvalue weighted by Crippen LogP contribution is 2.16. The Morgan fingerprint density at radius 2 is 2.05 bits per heavy atom. The van der Waals surface area contributed by atoms with Gasteiger partial charge in [0.15, 0.2) is 0 Å². The molecule has 0 aliphatic rings. The minimum absolute atomic E-state index is 0.137. The average molecular weight is 278 g/mol. The number of aromatic nitrogens is 2. The van der Waals surface area contributed by atoms with Crippen LogP contribution in [0.5, 0.6) is 11.5 Å². The summed E-state index contributed by atoms with van der Waals surface area (Å²) in [7, 11) is 0. The van der Waals surface area contributed by atoms with Crippen molar-refractivity contribution in [2.24, 2.45) is 0 Å². The zero-order valence-corrected chi connectivity index (χ0v) is 11.3. The lowest BCUT2D eigenvalue weighted by molar-refractivity contribution is 0.340. The van der Waals surface area contributed by atoms with Crippen molar-refractivity contribution in [3.8, 4) is 17.2 Å². The Bertz CT molecular complexity index is 623. The van der Waals surface area contributed by atoms with Crippen molar-refractivity contribution in [2.45, 2.75) is 12.7 Å². The van der Waals surface area contributed by atoms with E-state index in [4.69, 9.17) is 4.74 Å². The van der Waals surface area contributed by atoms with Crippen LogP contribution >= 0.6 is 12.6 Å². The zero-order chi connectivity index (χ0) is 13.8. The molecule has 0 bridgehead atoms. The molecule has 1 aromatic heterocycles. The first kappa shape index (κ1) is 13.5. The smallest absolute Gasteiger partial charge is 0.275 e. The maximum absolute atomic E-state index is 11.8.